The number of hydrogen-bond acceptors (Lipinski definition) is 7. The van der Waals surface area contributed by atoms with Crippen LogP contribution >= 0.6 is 0 Å². The molecule has 0 saturated carbocycles. The van der Waals surface area contributed by atoms with Crippen molar-refractivity contribution in [3.63, 3.8) is 0 Å². The molecule has 0 heterocycles. The summed E-state index contributed by atoms with van der Waals surface area (Å²) in [5.41, 5.74) is 0.239. The van der Waals surface area contributed by atoms with E-state index in [-0.39, 0.29) is 29.4 Å². The minimum atomic E-state index is -0.992. The molecule has 0 radical (unpaired) electrons. The Balaban J connectivity index is 2.26. The molecule has 0 spiro atoms. The number of carbonyl (C=O) groups excluding carboxylic acids is 2. The van der Waals surface area contributed by atoms with Gasteiger partial charge in [0.05, 0.1) is 0 Å². The number of amides is 1. The van der Waals surface area contributed by atoms with Crippen LogP contribution < -0.4 is 0 Å². The van der Waals surface area contributed by atoms with Gasteiger partial charge < -0.3 is 30.1 Å². The van der Waals surface area contributed by atoms with Crippen LogP contribution in [0.25, 0.3) is 6.08 Å². The third-order valence-corrected chi connectivity index (χ3v) is 4.38. The summed E-state index contributed by atoms with van der Waals surface area (Å²) >= 11 is 0. The van der Waals surface area contributed by atoms with Crippen LogP contribution in [0.3, 0.4) is 0 Å². The van der Waals surface area contributed by atoms with Crippen LogP contribution in [0, 0.1) is 0 Å². The molecule has 0 aliphatic rings. The van der Waals surface area contributed by atoms with E-state index < -0.39 is 23.5 Å². The molecule has 31 heavy (non-hydrogen) atoms. The van der Waals surface area contributed by atoms with Crippen molar-refractivity contribution in [3.05, 3.63) is 53.6 Å². The van der Waals surface area contributed by atoms with Gasteiger partial charge in [0.15, 0.2) is 23.0 Å². The Morgan fingerprint density at radius 1 is 0.968 bits per heavy atom. The van der Waals surface area contributed by atoms with Gasteiger partial charge in [0.1, 0.15) is 11.6 Å². The Hall–Kier alpha value is -3.68. The Kier molecular flexibility index (Phi) is 7.17. The predicted octanol–water partition coefficient (Wildman–Crippen LogP) is 2.93. The Morgan fingerprint density at radius 2 is 1.55 bits per heavy atom. The normalized spacial score (nSPS) is 12.5. The van der Waals surface area contributed by atoms with Crippen molar-refractivity contribution in [2.24, 2.45) is 0 Å². The Labute approximate surface area is 180 Å². The smallest absolute Gasteiger partial charge is 0.329 e. The number of hydrogen-bond donors (Lipinski definition) is 4. The molecule has 8 nitrogen and oxygen atoms in total. The Bertz CT molecular complexity index is 992. The molecule has 0 bridgehead atoms. The lowest BCUT2D eigenvalue weighted by Gasteiger charge is -2.29. The number of phenolic OH excluding ortho intramolecular Hbond substituents is 4. The van der Waals surface area contributed by atoms with Gasteiger partial charge in [-0.3, -0.25) is 4.79 Å². The summed E-state index contributed by atoms with van der Waals surface area (Å²) in [5.74, 6) is -2.33. The molecular weight excluding hydrogens is 402 g/mol. The summed E-state index contributed by atoms with van der Waals surface area (Å²) in [6.07, 6.45) is 2.73. The number of carbonyl (C=O) groups is 2. The van der Waals surface area contributed by atoms with Crippen LogP contribution in [-0.4, -0.2) is 55.9 Å². The number of likely N-dealkylation sites (N-methyl/N-ethyl adjacent to an activating group) is 1. The molecule has 0 aliphatic heterocycles. The quantitative estimate of drug-likeness (QED) is 0.316. The molecule has 0 saturated heterocycles. The highest BCUT2D eigenvalue weighted by Gasteiger charge is 2.31. The van der Waals surface area contributed by atoms with Gasteiger partial charge in [-0.1, -0.05) is 12.1 Å². The largest absolute Gasteiger partial charge is 0.504 e. The molecule has 2 aromatic carbocycles. The standard InChI is InChI=1S/C23H27NO7/c1-23(2,3)31-22(30)16(11-15-6-9-18(26)20(28)13-15)24(4)21(29)10-7-14-5-8-17(25)19(27)12-14/h5-10,12-13,16,25-28H,11H2,1-4H3/t16-/m1/s1. The van der Waals surface area contributed by atoms with Crippen molar-refractivity contribution in [1.29, 1.82) is 0 Å². The van der Waals surface area contributed by atoms with E-state index in [4.69, 9.17) is 4.74 Å². The van der Waals surface area contributed by atoms with Crippen LogP contribution in [0.4, 0.5) is 0 Å². The molecule has 1 atom stereocenters. The lowest BCUT2D eigenvalue weighted by molar-refractivity contribution is -0.163. The van der Waals surface area contributed by atoms with E-state index in [0.717, 1.165) is 0 Å². The molecule has 0 aliphatic carbocycles. The summed E-state index contributed by atoms with van der Waals surface area (Å²) in [5, 5.41) is 38.2. The Morgan fingerprint density at radius 3 is 2.10 bits per heavy atom. The zero-order valence-corrected chi connectivity index (χ0v) is 17.9. The van der Waals surface area contributed by atoms with Crippen LogP contribution in [0.2, 0.25) is 0 Å². The maximum absolute atomic E-state index is 12.8. The molecule has 2 aromatic rings. The van der Waals surface area contributed by atoms with Crippen molar-refractivity contribution >= 4 is 18.0 Å². The van der Waals surface area contributed by atoms with E-state index in [1.54, 1.807) is 26.8 Å². The van der Waals surface area contributed by atoms with Crippen LogP contribution in [-0.2, 0) is 20.7 Å². The molecule has 1 amide bonds. The van der Waals surface area contributed by atoms with E-state index in [2.05, 4.69) is 0 Å². The maximum Gasteiger partial charge on any atom is 0.329 e. The van der Waals surface area contributed by atoms with Crippen molar-refractivity contribution < 1.29 is 34.8 Å². The minimum Gasteiger partial charge on any atom is -0.504 e. The monoisotopic (exact) mass is 429 g/mol. The van der Waals surface area contributed by atoms with E-state index in [1.165, 1.54) is 54.4 Å². The van der Waals surface area contributed by atoms with Gasteiger partial charge in [0, 0.05) is 19.5 Å². The summed E-state index contributed by atoms with van der Waals surface area (Å²) in [6.45, 7) is 5.15. The second-order valence-electron chi connectivity index (χ2n) is 8.11. The van der Waals surface area contributed by atoms with Gasteiger partial charge in [-0.25, -0.2) is 4.79 Å². The zero-order chi connectivity index (χ0) is 23.3. The summed E-state index contributed by atoms with van der Waals surface area (Å²) in [4.78, 5) is 26.7. The average molecular weight is 429 g/mol. The molecule has 0 aromatic heterocycles. The predicted molar refractivity (Wildman–Crippen MR) is 115 cm³/mol. The van der Waals surface area contributed by atoms with E-state index in [0.29, 0.717) is 11.1 Å². The number of nitrogens with zero attached hydrogens (tertiary/aromatic N) is 1. The first-order valence-corrected chi connectivity index (χ1v) is 9.58. The highest BCUT2D eigenvalue weighted by atomic mass is 16.6. The molecule has 4 N–H and O–H groups in total. The van der Waals surface area contributed by atoms with E-state index >= 15 is 0 Å². The lowest BCUT2D eigenvalue weighted by Crippen LogP contribution is -2.46. The lowest BCUT2D eigenvalue weighted by atomic mass is 10.0. The number of rotatable bonds is 6. The minimum absolute atomic E-state index is 0.0544. The van der Waals surface area contributed by atoms with Crippen molar-refractivity contribution in [2.75, 3.05) is 7.05 Å². The van der Waals surface area contributed by atoms with Gasteiger partial charge in [-0.15, -0.1) is 0 Å². The number of esters is 1. The maximum atomic E-state index is 12.8. The average Bonchev–Trinajstić information content (AvgIpc) is 2.67. The summed E-state index contributed by atoms with van der Waals surface area (Å²) in [7, 11) is 1.45. The van der Waals surface area contributed by atoms with Gasteiger partial charge in [0.2, 0.25) is 5.91 Å². The highest BCUT2D eigenvalue weighted by molar-refractivity contribution is 5.94. The van der Waals surface area contributed by atoms with Gasteiger partial charge in [-0.2, -0.15) is 0 Å². The fraction of sp³-hybridized carbons (Fsp3) is 0.304. The summed E-state index contributed by atoms with van der Waals surface area (Å²) < 4.78 is 5.46. The van der Waals surface area contributed by atoms with Gasteiger partial charge >= 0.3 is 5.97 Å². The highest BCUT2D eigenvalue weighted by Crippen LogP contribution is 2.27. The van der Waals surface area contributed by atoms with Crippen LogP contribution in [0.1, 0.15) is 31.9 Å². The molecule has 2 rings (SSSR count). The van der Waals surface area contributed by atoms with Gasteiger partial charge in [-0.05, 0) is 62.2 Å². The number of aromatic hydroxyl groups is 4. The first-order chi connectivity index (χ1) is 14.4. The second-order valence-corrected chi connectivity index (χ2v) is 8.11. The third-order valence-electron chi connectivity index (χ3n) is 4.38. The number of benzene rings is 2. The van der Waals surface area contributed by atoms with Crippen LogP contribution in [0.5, 0.6) is 23.0 Å². The first kappa shape index (κ1) is 23.6. The van der Waals surface area contributed by atoms with Crippen molar-refractivity contribution in [2.45, 2.75) is 38.8 Å². The number of phenols is 4. The molecule has 0 unspecified atom stereocenters. The summed E-state index contributed by atoms with van der Waals surface area (Å²) in [6, 6.07) is 7.28. The van der Waals surface area contributed by atoms with Crippen LogP contribution in [0.15, 0.2) is 42.5 Å². The topological polar surface area (TPSA) is 128 Å². The molecule has 166 valence electrons. The fourth-order valence-electron chi connectivity index (χ4n) is 2.75. The molecule has 8 heteroatoms. The number of ether oxygens (including phenoxy) is 1. The first-order valence-electron chi connectivity index (χ1n) is 9.58. The van der Waals surface area contributed by atoms with E-state index in [1.807, 2.05) is 0 Å². The zero-order valence-electron chi connectivity index (χ0n) is 17.9. The molecular formula is C23H27NO7. The fourth-order valence-corrected chi connectivity index (χ4v) is 2.75. The third kappa shape index (κ3) is 6.67. The van der Waals surface area contributed by atoms with E-state index in [9.17, 15) is 30.0 Å². The molecule has 0 fully saturated rings. The van der Waals surface area contributed by atoms with Crippen molar-refractivity contribution in [1.82, 2.24) is 4.90 Å². The van der Waals surface area contributed by atoms with Crippen molar-refractivity contribution in [3.8, 4) is 23.0 Å². The second kappa shape index (κ2) is 9.42. The SMILES string of the molecule is CN(C(=O)C=Cc1ccc(O)c(O)c1)[C@H](Cc1ccc(O)c(O)c1)C(=O)OC(C)(C)C. The van der Waals surface area contributed by atoms with Gasteiger partial charge in [0.25, 0.3) is 0 Å².